The maximum Gasteiger partial charge on any atom is 0.293 e. The van der Waals surface area contributed by atoms with Crippen molar-refractivity contribution in [3.05, 3.63) is 99.9 Å². The highest BCUT2D eigenvalue weighted by Crippen LogP contribution is 2.30. The van der Waals surface area contributed by atoms with E-state index < -0.39 is 4.92 Å². The average molecular weight is 491 g/mol. The average Bonchev–Trinajstić information content (AvgIpc) is 2.90. The van der Waals surface area contributed by atoms with Crippen LogP contribution in [0.15, 0.2) is 72.8 Å². The first kappa shape index (κ1) is 24.8. The second-order valence-corrected chi connectivity index (χ2v) is 8.68. The number of nitro benzene ring substituents is 1. The van der Waals surface area contributed by atoms with Crippen LogP contribution in [0, 0.1) is 21.8 Å². The molecule has 0 atom stereocenters. The number of nitro groups is 1. The molecule has 0 bridgehead atoms. The molecule has 0 spiro atoms. The molecule has 8 nitrogen and oxygen atoms in total. The standard InChI is InChI=1S/C27H27FN4O4/c28-23-9-5-4-6-19(23)12-15-29-26(33)20-13-16-31(17-14-20)27(34)21-10-11-24(25(18-21)32(35)36)30-22-7-2-1-3-8-22/h1-11,18,20,30H,12-17H2,(H,29,33). The number of para-hydroxylation sites is 1. The molecule has 9 heteroatoms. The fourth-order valence-electron chi connectivity index (χ4n) is 4.29. The van der Waals surface area contributed by atoms with Gasteiger partial charge >= 0.3 is 0 Å². The number of nitrogens with zero attached hydrogens (tertiary/aromatic N) is 2. The molecule has 1 saturated heterocycles. The second-order valence-electron chi connectivity index (χ2n) is 8.68. The van der Waals surface area contributed by atoms with Crippen LogP contribution in [0.4, 0.5) is 21.5 Å². The number of rotatable bonds is 8. The van der Waals surface area contributed by atoms with Gasteiger partial charge in [0.25, 0.3) is 11.6 Å². The highest BCUT2D eigenvalue weighted by Gasteiger charge is 2.29. The topological polar surface area (TPSA) is 105 Å². The Balaban J connectivity index is 1.32. The third-order valence-corrected chi connectivity index (χ3v) is 6.30. The largest absolute Gasteiger partial charge is 0.356 e. The normalized spacial score (nSPS) is 13.8. The van der Waals surface area contributed by atoms with Gasteiger partial charge in [-0.1, -0.05) is 36.4 Å². The first-order valence-electron chi connectivity index (χ1n) is 11.8. The van der Waals surface area contributed by atoms with E-state index in [2.05, 4.69) is 10.6 Å². The lowest BCUT2D eigenvalue weighted by atomic mass is 9.95. The summed E-state index contributed by atoms with van der Waals surface area (Å²) in [6.45, 7) is 1.09. The Kier molecular flexibility index (Phi) is 7.89. The molecule has 0 saturated carbocycles. The minimum atomic E-state index is -0.514. The van der Waals surface area contributed by atoms with Gasteiger partial charge in [-0.15, -0.1) is 0 Å². The Morgan fingerprint density at radius 1 is 1.00 bits per heavy atom. The third kappa shape index (κ3) is 6.04. The Hall–Kier alpha value is -4.27. The first-order chi connectivity index (χ1) is 17.4. The van der Waals surface area contributed by atoms with E-state index in [1.165, 1.54) is 18.2 Å². The van der Waals surface area contributed by atoms with Crippen LogP contribution < -0.4 is 10.6 Å². The minimum absolute atomic E-state index is 0.106. The van der Waals surface area contributed by atoms with Gasteiger partial charge in [0, 0.05) is 42.9 Å². The van der Waals surface area contributed by atoms with Gasteiger partial charge in [-0.3, -0.25) is 19.7 Å². The van der Waals surface area contributed by atoms with Crippen LogP contribution in [0.25, 0.3) is 0 Å². The van der Waals surface area contributed by atoms with Crippen molar-refractivity contribution in [2.45, 2.75) is 19.3 Å². The smallest absolute Gasteiger partial charge is 0.293 e. The number of likely N-dealkylation sites (tertiary alicyclic amines) is 1. The molecule has 2 N–H and O–H groups in total. The monoisotopic (exact) mass is 490 g/mol. The van der Waals surface area contributed by atoms with Crippen LogP contribution in [0.3, 0.4) is 0 Å². The fourth-order valence-corrected chi connectivity index (χ4v) is 4.29. The van der Waals surface area contributed by atoms with Crippen LogP contribution >= 0.6 is 0 Å². The van der Waals surface area contributed by atoms with E-state index in [-0.39, 0.29) is 34.8 Å². The van der Waals surface area contributed by atoms with Crippen LogP contribution in [0.1, 0.15) is 28.8 Å². The van der Waals surface area contributed by atoms with Crippen molar-refractivity contribution < 1.29 is 18.9 Å². The van der Waals surface area contributed by atoms with Gasteiger partial charge in [-0.05, 0) is 55.2 Å². The van der Waals surface area contributed by atoms with E-state index in [0.717, 1.165) is 0 Å². The van der Waals surface area contributed by atoms with Crippen molar-refractivity contribution in [3.63, 3.8) is 0 Å². The van der Waals surface area contributed by atoms with Gasteiger partial charge in [0.15, 0.2) is 0 Å². The lowest BCUT2D eigenvalue weighted by molar-refractivity contribution is -0.383. The lowest BCUT2D eigenvalue weighted by Crippen LogP contribution is -2.43. The highest BCUT2D eigenvalue weighted by molar-refractivity contribution is 5.96. The number of amides is 2. The third-order valence-electron chi connectivity index (χ3n) is 6.30. The van der Waals surface area contributed by atoms with Crippen LogP contribution in [-0.4, -0.2) is 41.3 Å². The van der Waals surface area contributed by atoms with E-state index in [1.54, 1.807) is 41.3 Å². The second kappa shape index (κ2) is 11.4. The number of hydrogen-bond acceptors (Lipinski definition) is 5. The fraction of sp³-hybridized carbons (Fsp3) is 0.259. The van der Waals surface area contributed by atoms with Crippen LogP contribution in [0.5, 0.6) is 0 Å². The SMILES string of the molecule is O=C(NCCc1ccccc1F)C1CCN(C(=O)c2ccc(Nc3ccccc3)c([N+](=O)[O-])c2)CC1. The van der Waals surface area contributed by atoms with E-state index in [0.29, 0.717) is 55.8 Å². The van der Waals surface area contributed by atoms with E-state index >= 15 is 0 Å². The number of piperidine rings is 1. The van der Waals surface area contributed by atoms with Gasteiger partial charge in [-0.25, -0.2) is 4.39 Å². The molecular formula is C27H27FN4O4. The minimum Gasteiger partial charge on any atom is -0.356 e. The highest BCUT2D eigenvalue weighted by atomic mass is 19.1. The quantitative estimate of drug-likeness (QED) is 0.352. The van der Waals surface area contributed by atoms with E-state index in [9.17, 15) is 24.1 Å². The van der Waals surface area contributed by atoms with E-state index in [1.807, 2.05) is 18.2 Å². The Morgan fingerprint density at radius 2 is 1.69 bits per heavy atom. The number of anilines is 2. The molecule has 1 fully saturated rings. The summed E-state index contributed by atoms with van der Waals surface area (Å²) in [6, 6.07) is 19.9. The van der Waals surface area contributed by atoms with Crippen molar-refractivity contribution in [3.8, 4) is 0 Å². The summed E-state index contributed by atoms with van der Waals surface area (Å²) >= 11 is 0. The van der Waals surface area contributed by atoms with E-state index in [4.69, 9.17) is 0 Å². The van der Waals surface area contributed by atoms with Crippen molar-refractivity contribution in [1.29, 1.82) is 0 Å². The molecule has 0 radical (unpaired) electrons. The summed E-state index contributed by atoms with van der Waals surface area (Å²) in [6.07, 6.45) is 1.39. The van der Waals surface area contributed by atoms with Crippen LogP contribution in [0.2, 0.25) is 0 Å². The predicted octanol–water partition coefficient (Wildman–Crippen LogP) is 4.69. The molecule has 3 aromatic rings. The van der Waals surface area contributed by atoms with Gasteiger partial charge < -0.3 is 15.5 Å². The number of hydrogen-bond donors (Lipinski definition) is 2. The van der Waals surface area contributed by atoms with Crippen molar-refractivity contribution >= 4 is 28.9 Å². The van der Waals surface area contributed by atoms with Gasteiger partial charge in [0.1, 0.15) is 11.5 Å². The molecule has 1 aliphatic rings. The molecule has 0 aliphatic carbocycles. The summed E-state index contributed by atoms with van der Waals surface area (Å²) in [5.41, 5.74) is 1.60. The summed E-state index contributed by atoms with van der Waals surface area (Å²) in [5, 5.41) is 17.5. The van der Waals surface area contributed by atoms with Gasteiger partial charge in [-0.2, -0.15) is 0 Å². The van der Waals surface area contributed by atoms with Crippen molar-refractivity contribution in [2.24, 2.45) is 5.92 Å². The molecule has 0 aromatic heterocycles. The molecular weight excluding hydrogens is 463 g/mol. The summed E-state index contributed by atoms with van der Waals surface area (Å²) < 4.78 is 13.7. The number of carbonyl (C=O) groups is 2. The van der Waals surface area contributed by atoms with Gasteiger partial charge in [0.05, 0.1) is 4.92 Å². The molecule has 1 heterocycles. The van der Waals surface area contributed by atoms with Gasteiger partial charge in [0.2, 0.25) is 5.91 Å². The van der Waals surface area contributed by atoms with Crippen molar-refractivity contribution in [1.82, 2.24) is 10.2 Å². The molecule has 1 aliphatic heterocycles. The van der Waals surface area contributed by atoms with Crippen molar-refractivity contribution in [2.75, 3.05) is 25.0 Å². The summed E-state index contributed by atoms with van der Waals surface area (Å²) in [4.78, 5) is 38.3. The first-order valence-corrected chi connectivity index (χ1v) is 11.8. The Labute approximate surface area is 208 Å². The lowest BCUT2D eigenvalue weighted by Gasteiger charge is -2.31. The van der Waals surface area contributed by atoms with Crippen LogP contribution in [-0.2, 0) is 11.2 Å². The summed E-state index contributed by atoms with van der Waals surface area (Å²) in [5.74, 6) is -0.933. The molecule has 36 heavy (non-hydrogen) atoms. The number of halogens is 1. The number of nitrogens with one attached hydrogen (secondary N) is 2. The predicted molar refractivity (Wildman–Crippen MR) is 135 cm³/mol. The molecule has 186 valence electrons. The zero-order chi connectivity index (χ0) is 25.5. The Morgan fingerprint density at radius 3 is 2.39 bits per heavy atom. The zero-order valence-corrected chi connectivity index (χ0v) is 19.7. The maximum atomic E-state index is 13.7. The molecule has 0 unspecified atom stereocenters. The zero-order valence-electron chi connectivity index (χ0n) is 19.7. The number of carbonyl (C=O) groups excluding carboxylic acids is 2. The number of benzene rings is 3. The maximum absolute atomic E-state index is 13.7. The molecule has 2 amide bonds. The summed E-state index contributed by atoms with van der Waals surface area (Å²) in [7, 11) is 0. The molecule has 4 rings (SSSR count). The molecule has 3 aromatic carbocycles. The Bertz CT molecular complexity index is 1240.